The second-order valence-electron chi connectivity index (χ2n) is 6.12. The quantitative estimate of drug-likeness (QED) is 0.689. The number of halogens is 4. The van der Waals surface area contributed by atoms with Crippen LogP contribution in [0.15, 0.2) is 18.2 Å². The van der Waals surface area contributed by atoms with Gasteiger partial charge < -0.3 is 4.90 Å². The van der Waals surface area contributed by atoms with Crippen molar-refractivity contribution >= 4 is 17.3 Å². The number of nitrogens with zero attached hydrogens (tertiary/aromatic N) is 1. The molecule has 0 aromatic heterocycles. The first-order valence-corrected chi connectivity index (χ1v) is 7.27. The van der Waals surface area contributed by atoms with Gasteiger partial charge in [0, 0.05) is 24.7 Å². The van der Waals surface area contributed by atoms with Crippen LogP contribution in [0.5, 0.6) is 0 Å². The van der Waals surface area contributed by atoms with Gasteiger partial charge in [-0.05, 0) is 36.0 Å². The van der Waals surface area contributed by atoms with E-state index >= 15 is 0 Å². The van der Waals surface area contributed by atoms with Gasteiger partial charge >= 0.3 is 6.18 Å². The first-order chi connectivity index (χ1) is 9.23. The molecule has 0 saturated carbocycles. The molecule has 1 aliphatic rings. The maximum Gasteiger partial charge on any atom is 0.416 e. The molecule has 2 rings (SSSR count). The molecule has 1 heterocycles. The third-order valence-corrected chi connectivity index (χ3v) is 4.31. The minimum atomic E-state index is -4.35. The molecule has 5 heteroatoms. The SMILES string of the molecule is CC1(C)CCN(c2ccc(CCl)c(C(F)(F)F)c2)CC1. The highest BCUT2D eigenvalue weighted by Crippen LogP contribution is 2.37. The largest absolute Gasteiger partial charge is 0.416 e. The summed E-state index contributed by atoms with van der Waals surface area (Å²) < 4.78 is 39.1. The molecular formula is C15H19ClF3N. The zero-order chi connectivity index (χ0) is 15.0. The molecule has 1 aliphatic heterocycles. The van der Waals surface area contributed by atoms with Crippen LogP contribution in [0.25, 0.3) is 0 Å². The van der Waals surface area contributed by atoms with Crippen LogP contribution in [0.4, 0.5) is 18.9 Å². The van der Waals surface area contributed by atoms with Gasteiger partial charge in [-0.2, -0.15) is 13.2 Å². The third-order valence-electron chi connectivity index (χ3n) is 4.02. The van der Waals surface area contributed by atoms with Crippen LogP contribution in [0.3, 0.4) is 0 Å². The fourth-order valence-corrected chi connectivity index (χ4v) is 2.74. The lowest BCUT2D eigenvalue weighted by Crippen LogP contribution is -2.37. The Kier molecular flexibility index (Phi) is 4.24. The lowest BCUT2D eigenvalue weighted by molar-refractivity contribution is -0.138. The van der Waals surface area contributed by atoms with Crippen LogP contribution in [-0.2, 0) is 12.1 Å². The number of alkyl halides is 4. The number of hydrogen-bond acceptors (Lipinski definition) is 1. The van der Waals surface area contributed by atoms with E-state index in [1.165, 1.54) is 12.1 Å². The van der Waals surface area contributed by atoms with Gasteiger partial charge in [0.25, 0.3) is 0 Å². The number of anilines is 1. The zero-order valence-electron chi connectivity index (χ0n) is 11.7. The molecule has 0 bridgehead atoms. The molecule has 0 unspecified atom stereocenters. The smallest absolute Gasteiger partial charge is 0.371 e. The number of hydrogen-bond donors (Lipinski definition) is 0. The van der Waals surface area contributed by atoms with E-state index in [0.717, 1.165) is 25.9 Å². The molecule has 0 spiro atoms. The minimum absolute atomic E-state index is 0.123. The Morgan fingerprint density at radius 3 is 2.30 bits per heavy atom. The van der Waals surface area contributed by atoms with E-state index in [-0.39, 0.29) is 16.9 Å². The van der Waals surface area contributed by atoms with Gasteiger partial charge in [0.1, 0.15) is 0 Å². The summed E-state index contributed by atoms with van der Waals surface area (Å²) in [4.78, 5) is 2.03. The third kappa shape index (κ3) is 3.40. The number of rotatable bonds is 2. The number of benzene rings is 1. The molecule has 0 atom stereocenters. The Labute approximate surface area is 122 Å². The Morgan fingerprint density at radius 1 is 1.20 bits per heavy atom. The standard InChI is InChI=1S/C15H19ClF3N/c1-14(2)5-7-20(8-6-14)12-4-3-11(10-16)13(9-12)15(17,18)19/h3-4,9H,5-8,10H2,1-2H3. The van der Waals surface area contributed by atoms with Crippen molar-refractivity contribution in [3.05, 3.63) is 29.3 Å². The van der Waals surface area contributed by atoms with Gasteiger partial charge in [0.2, 0.25) is 0 Å². The van der Waals surface area contributed by atoms with E-state index in [2.05, 4.69) is 13.8 Å². The molecule has 1 fully saturated rings. The van der Waals surface area contributed by atoms with Gasteiger partial charge in [-0.3, -0.25) is 0 Å². The van der Waals surface area contributed by atoms with Crippen molar-refractivity contribution in [1.82, 2.24) is 0 Å². The van der Waals surface area contributed by atoms with Gasteiger partial charge in [-0.1, -0.05) is 19.9 Å². The summed E-state index contributed by atoms with van der Waals surface area (Å²) in [5.74, 6) is -0.123. The summed E-state index contributed by atoms with van der Waals surface area (Å²) in [5.41, 5.74) is 0.441. The predicted octanol–water partition coefficient (Wildman–Crippen LogP) is 5.07. The van der Waals surface area contributed by atoms with Gasteiger partial charge in [-0.25, -0.2) is 0 Å². The molecule has 0 N–H and O–H groups in total. The van der Waals surface area contributed by atoms with Crippen LogP contribution in [0.1, 0.15) is 37.8 Å². The molecule has 0 aliphatic carbocycles. The molecule has 1 saturated heterocycles. The Bertz CT molecular complexity index is 472. The van der Waals surface area contributed by atoms with Crippen molar-refractivity contribution in [2.75, 3.05) is 18.0 Å². The minimum Gasteiger partial charge on any atom is -0.371 e. The van der Waals surface area contributed by atoms with Crippen LogP contribution >= 0.6 is 11.6 Å². The molecule has 1 aromatic rings. The summed E-state index contributed by atoms with van der Waals surface area (Å²) in [6.45, 7) is 5.99. The molecular weight excluding hydrogens is 287 g/mol. The average molecular weight is 306 g/mol. The Hall–Kier alpha value is -0.900. The number of piperidine rings is 1. The molecule has 0 radical (unpaired) electrons. The van der Waals surface area contributed by atoms with Crippen molar-refractivity contribution in [3.8, 4) is 0 Å². The van der Waals surface area contributed by atoms with E-state index in [1.807, 2.05) is 4.90 Å². The van der Waals surface area contributed by atoms with Crippen molar-refractivity contribution in [2.45, 2.75) is 38.7 Å². The van der Waals surface area contributed by atoms with Crippen molar-refractivity contribution in [1.29, 1.82) is 0 Å². The fourth-order valence-electron chi connectivity index (χ4n) is 2.51. The van der Waals surface area contributed by atoms with Crippen LogP contribution in [-0.4, -0.2) is 13.1 Å². The second-order valence-corrected chi connectivity index (χ2v) is 6.39. The summed E-state index contributed by atoms with van der Waals surface area (Å²) in [5, 5.41) is 0. The normalized spacial score (nSPS) is 19.2. The maximum absolute atomic E-state index is 13.0. The maximum atomic E-state index is 13.0. The highest BCUT2D eigenvalue weighted by Gasteiger charge is 2.34. The van der Waals surface area contributed by atoms with E-state index in [0.29, 0.717) is 5.69 Å². The highest BCUT2D eigenvalue weighted by atomic mass is 35.5. The predicted molar refractivity (Wildman–Crippen MR) is 76.2 cm³/mol. The van der Waals surface area contributed by atoms with Crippen molar-refractivity contribution in [3.63, 3.8) is 0 Å². The summed E-state index contributed by atoms with van der Waals surface area (Å²) in [7, 11) is 0. The summed E-state index contributed by atoms with van der Waals surface area (Å²) in [6.07, 6.45) is -2.37. The Balaban J connectivity index is 2.26. The molecule has 1 aromatic carbocycles. The average Bonchev–Trinajstić information content (AvgIpc) is 2.37. The van der Waals surface area contributed by atoms with Gasteiger partial charge in [0.15, 0.2) is 0 Å². The monoisotopic (exact) mass is 305 g/mol. The van der Waals surface area contributed by atoms with Crippen molar-refractivity contribution in [2.24, 2.45) is 5.41 Å². The summed E-state index contributed by atoms with van der Waals surface area (Å²) >= 11 is 5.60. The van der Waals surface area contributed by atoms with Crippen molar-refractivity contribution < 1.29 is 13.2 Å². The highest BCUT2D eigenvalue weighted by molar-refractivity contribution is 6.17. The molecule has 0 amide bonds. The summed E-state index contributed by atoms with van der Waals surface area (Å²) in [6, 6.07) is 4.46. The molecule has 112 valence electrons. The molecule has 20 heavy (non-hydrogen) atoms. The van der Waals surface area contributed by atoms with Crippen LogP contribution in [0.2, 0.25) is 0 Å². The van der Waals surface area contributed by atoms with E-state index in [1.54, 1.807) is 6.07 Å². The second kappa shape index (κ2) is 5.47. The van der Waals surface area contributed by atoms with Crippen LogP contribution in [0, 0.1) is 5.41 Å². The van der Waals surface area contributed by atoms with Gasteiger partial charge in [0.05, 0.1) is 5.56 Å². The Morgan fingerprint density at radius 2 is 1.80 bits per heavy atom. The van der Waals surface area contributed by atoms with Gasteiger partial charge in [-0.15, -0.1) is 11.6 Å². The van der Waals surface area contributed by atoms with E-state index in [9.17, 15) is 13.2 Å². The topological polar surface area (TPSA) is 3.24 Å². The van der Waals surface area contributed by atoms with E-state index in [4.69, 9.17) is 11.6 Å². The molecule has 1 nitrogen and oxygen atoms in total. The van der Waals surface area contributed by atoms with E-state index < -0.39 is 11.7 Å². The lowest BCUT2D eigenvalue weighted by Gasteiger charge is -2.38. The first kappa shape index (κ1) is 15.5. The van der Waals surface area contributed by atoms with Crippen LogP contribution < -0.4 is 4.90 Å². The first-order valence-electron chi connectivity index (χ1n) is 6.74. The zero-order valence-corrected chi connectivity index (χ0v) is 12.5. The lowest BCUT2D eigenvalue weighted by atomic mass is 9.82. The fraction of sp³-hybridized carbons (Fsp3) is 0.600.